The summed E-state index contributed by atoms with van der Waals surface area (Å²) in [6.07, 6.45) is 3.25. The Morgan fingerprint density at radius 2 is 1.96 bits per heavy atom. The molecule has 24 heavy (non-hydrogen) atoms. The number of nitrogens with zero attached hydrogens (tertiary/aromatic N) is 1. The van der Waals surface area contributed by atoms with Crippen LogP contribution in [0.25, 0.3) is 10.9 Å². The third-order valence-corrected chi connectivity index (χ3v) is 3.78. The van der Waals surface area contributed by atoms with Crippen LogP contribution in [-0.2, 0) is 0 Å². The number of hydrogen-bond donors (Lipinski definition) is 2. The topological polar surface area (TPSA) is 75.7 Å². The minimum absolute atomic E-state index is 0.263. The second-order valence-corrected chi connectivity index (χ2v) is 5.35. The summed E-state index contributed by atoms with van der Waals surface area (Å²) in [4.78, 5) is 15.3. The van der Waals surface area contributed by atoms with Gasteiger partial charge in [0.25, 0.3) is 5.91 Å². The van der Waals surface area contributed by atoms with E-state index in [1.165, 1.54) is 0 Å². The second kappa shape index (κ2) is 6.08. The van der Waals surface area contributed by atoms with Crippen LogP contribution in [0.1, 0.15) is 15.9 Å². The zero-order chi connectivity index (χ0) is 16.4. The molecule has 0 saturated carbocycles. The van der Waals surface area contributed by atoms with E-state index in [1.54, 1.807) is 12.4 Å². The number of aromatic nitrogens is 1. The molecule has 0 unspecified atom stereocenters. The van der Waals surface area contributed by atoms with Crippen molar-refractivity contribution in [2.75, 3.05) is 13.2 Å². The van der Waals surface area contributed by atoms with E-state index in [0.717, 1.165) is 22.2 Å². The summed E-state index contributed by atoms with van der Waals surface area (Å²) in [6, 6.07) is 13.1. The van der Waals surface area contributed by atoms with Gasteiger partial charge in [0, 0.05) is 17.1 Å². The Morgan fingerprint density at radius 3 is 2.88 bits per heavy atom. The van der Waals surface area contributed by atoms with E-state index in [4.69, 9.17) is 9.47 Å². The number of hydrazone groups is 1. The van der Waals surface area contributed by atoms with Crippen molar-refractivity contribution >= 4 is 23.0 Å². The Hall–Kier alpha value is -3.28. The van der Waals surface area contributed by atoms with Crippen LogP contribution in [-0.4, -0.2) is 30.3 Å². The Kier molecular flexibility index (Phi) is 3.63. The third-order valence-electron chi connectivity index (χ3n) is 3.78. The lowest BCUT2D eigenvalue weighted by Gasteiger charge is -2.18. The fourth-order valence-electron chi connectivity index (χ4n) is 2.63. The van der Waals surface area contributed by atoms with E-state index in [-0.39, 0.29) is 5.91 Å². The lowest BCUT2D eigenvalue weighted by atomic mass is 10.2. The van der Waals surface area contributed by atoms with Crippen LogP contribution in [0, 0.1) is 0 Å². The van der Waals surface area contributed by atoms with Gasteiger partial charge in [0.2, 0.25) is 0 Å². The van der Waals surface area contributed by atoms with Gasteiger partial charge < -0.3 is 14.5 Å². The number of amides is 1. The molecule has 120 valence electrons. The molecule has 2 heterocycles. The number of ether oxygens (including phenoxy) is 2. The maximum Gasteiger partial charge on any atom is 0.273 e. The number of benzene rings is 2. The van der Waals surface area contributed by atoms with Crippen molar-refractivity contribution in [2.24, 2.45) is 5.10 Å². The average molecular weight is 321 g/mol. The number of aromatic amines is 1. The number of H-pyrrole nitrogens is 1. The minimum Gasteiger partial charge on any atom is -0.486 e. The van der Waals surface area contributed by atoms with Crippen molar-refractivity contribution in [2.45, 2.75) is 0 Å². The van der Waals surface area contributed by atoms with Crippen molar-refractivity contribution in [1.82, 2.24) is 10.4 Å². The Balaban J connectivity index is 1.48. The molecule has 0 radical (unpaired) electrons. The fraction of sp³-hybridized carbons (Fsp3) is 0.111. The summed E-state index contributed by atoms with van der Waals surface area (Å²) in [5.74, 6) is 1.15. The Morgan fingerprint density at radius 1 is 1.12 bits per heavy atom. The number of hydrogen-bond acceptors (Lipinski definition) is 4. The maximum atomic E-state index is 12.3. The highest BCUT2D eigenvalue weighted by atomic mass is 16.6. The molecule has 1 amide bonds. The predicted molar refractivity (Wildman–Crippen MR) is 90.8 cm³/mol. The average Bonchev–Trinajstić information content (AvgIpc) is 3.06. The molecule has 0 bridgehead atoms. The van der Waals surface area contributed by atoms with Crippen LogP contribution in [0.2, 0.25) is 0 Å². The molecule has 3 aromatic rings. The van der Waals surface area contributed by atoms with Crippen LogP contribution in [0.5, 0.6) is 11.5 Å². The van der Waals surface area contributed by atoms with E-state index in [9.17, 15) is 4.79 Å². The quantitative estimate of drug-likeness (QED) is 0.575. The van der Waals surface area contributed by atoms with E-state index in [1.807, 2.05) is 42.5 Å². The van der Waals surface area contributed by atoms with E-state index >= 15 is 0 Å². The largest absolute Gasteiger partial charge is 0.486 e. The van der Waals surface area contributed by atoms with E-state index in [2.05, 4.69) is 15.5 Å². The summed E-state index contributed by atoms with van der Waals surface area (Å²) >= 11 is 0. The standard InChI is InChI=1S/C18H15N3O3/c22-18(14-11-19-15-4-2-1-3-13(14)15)21-20-10-12-5-6-16-17(9-12)24-8-7-23-16/h1-6,9-11,19H,7-8H2,(H,21,22). The lowest BCUT2D eigenvalue weighted by molar-refractivity contribution is 0.0957. The van der Waals surface area contributed by atoms with Gasteiger partial charge in [-0.25, -0.2) is 5.43 Å². The fourth-order valence-corrected chi connectivity index (χ4v) is 2.63. The molecule has 0 spiro atoms. The van der Waals surface area contributed by atoms with Gasteiger partial charge in [0.1, 0.15) is 13.2 Å². The number of rotatable bonds is 3. The SMILES string of the molecule is O=C(NN=Cc1ccc2c(c1)OCCO2)c1c[nH]c2ccccc12. The molecule has 0 saturated heterocycles. The molecule has 1 aromatic heterocycles. The molecule has 2 aromatic carbocycles. The van der Waals surface area contributed by atoms with Gasteiger partial charge >= 0.3 is 0 Å². The Bertz CT molecular complexity index is 930. The first kappa shape index (κ1) is 14.3. The molecule has 6 nitrogen and oxygen atoms in total. The first-order chi connectivity index (χ1) is 11.8. The van der Waals surface area contributed by atoms with Crippen molar-refractivity contribution in [1.29, 1.82) is 0 Å². The van der Waals surface area contributed by atoms with E-state index in [0.29, 0.717) is 24.5 Å². The lowest BCUT2D eigenvalue weighted by Crippen LogP contribution is -2.17. The molecular formula is C18H15N3O3. The van der Waals surface area contributed by atoms with Crippen molar-refractivity contribution < 1.29 is 14.3 Å². The summed E-state index contributed by atoms with van der Waals surface area (Å²) in [7, 11) is 0. The van der Waals surface area contributed by atoms with Crippen LogP contribution in [0.15, 0.2) is 53.8 Å². The summed E-state index contributed by atoms with van der Waals surface area (Å²) in [6.45, 7) is 1.09. The molecule has 1 aliphatic heterocycles. The summed E-state index contributed by atoms with van der Waals surface area (Å²) in [5, 5.41) is 4.88. The molecular weight excluding hydrogens is 306 g/mol. The zero-order valence-corrected chi connectivity index (χ0v) is 12.8. The summed E-state index contributed by atoms with van der Waals surface area (Å²) < 4.78 is 11.0. The van der Waals surface area contributed by atoms with Crippen LogP contribution >= 0.6 is 0 Å². The first-order valence-corrected chi connectivity index (χ1v) is 7.60. The molecule has 1 aliphatic rings. The van der Waals surface area contributed by atoms with Crippen LogP contribution in [0.3, 0.4) is 0 Å². The van der Waals surface area contributed by atoms with Crippen LogP contribution < -0.4 is 14.9 Å². The monoisotopic (exact) mass is 321 g/mol. The van der Waals surface area contributed by atoms with Gasteiger partial charge in [-0.15, -0.1) is 0 Å². The number of carbonyl (C=O) groups excluding carboxylic acids is 1. The number of nitrogens with one attached hydrogen (secondary N) is 2. The zero-order valence-electron chi connectivity index (χ0n) is 12.8. The highest BCUT2D eigenvalue weighted by Crippen LogP contribution is 2.30. The predicted octanol–water partition coefficient (Wildman–Crippen LogP) is 2.70. The van der Waals surface area contributed by atoms with Gasteiger partial charge in [0.05, 0.1) is 11.8 Å². The number of carbonyl (C=O) groups is 1. The third kappa shape index (κ3) is 2.69. The number of fused-ring (bicyclic) bond motifs is 2. The maximum absolute atomic E-state index is 12.3. The Labute approximate surface area is 138 Å². The van der Waals surface area contributed by atoms with E-state index < -0.39 is 0 Å². The van der Waals surface area contributed by atoms with Crippen molar-refractivity contribution in [3.63, 3.8) is 0 Å². The minimum atomic E-state index is -0.263. The second-order valence-electron chi connectivity index (χ2n) is 5.35. The molecule has 0 atom stereocenters. The molecule has 0 aliphatic carbocycles. The van der Waals surface area contributed by atoms with Gasteiger partial charge in [0.15, 0.2) is 11.5 Å². The number of para-hydroxylation sites is 1. The normalized spacial score (nSPS) is 13.3. The van der Waals surface area contributed by atoms with Crippen molar-refractivity contribution in [3.8, 4) is 11.5 Å². The highest BCUT2D eigenvalue weighted by molar-refractivity contribution is 6.06. The van der Waals surface area contributed by atoms with Crippen molar-refractivity contribution in [3.05, 3.63) is 59.8 Å². The first-order valence-electron chi connectivity index (χ1n) is 7.60. The van der Waals surface area contributed by atoms with Gasteiger partial charge in [-0.1, -0.05) is 18.2 Å². The summed E-state index contributed by atoms with van der Waals surface area (Å²) in [5.41, 5.74) is 4.84. The van der Waals surface area contributed by atoms with Gasteiger partial charge in [-0.2, -0.15) is 5.10 Å². The molecule has 0 fully saturated rings. The molecule has 2 N–H and O–H groups in total. The highest BCUT2D eigenvalue weighted by Gasteiger charge is 2.12. The van der Waals surface area contributed by atoms with Gasteiger partial charge in [-0.05, 0) is 29.8 Å². The molecule has 4 rings (SSSR count). The molecule has 6 heteroatoms. The van der Waals surface area contributed by atoms with Crippen LogP contribution in [0.4, 0.5) is 0 Å². The van der Waals surface area contributed by atoms with Gasteiger partial charge in [-0.3, -0.25) is 4.79 Å². The smallest absolute Gasteiger partial charge is 0.273 e.